The number of carbonyl (C=O) groups is 2. The first-order valence-electron chi connectivity index (χ1n) is 8.95. The van der Waals surface area contributed by atoms with Crippen LogP contribution in [0, 0.1) is 6.92 Å². The number of halogens is 1. The molecule has 5 heteroatoms. The van der Waals surface area contributed by atoms with Crippen molar-refractivity contribution in [1.29, 1.82) is 0 Å². The fourth-order valence-corrected chi connectivity index (χ4v) is 3.28. The highest BCUT2D eigenvalue weighted by molar-refractivity contribution is 6.30. The quantitative estimate of drug-likeness (QED) is 0.713. The molecule has 2 amide bonds. The second-order valence-electron chi connectivity index (χ2n) is 6.62. The number of carbonyl (C=O) groups excluding carboxylic acids is 2. The van der Waals surface area contributed by atoms with E-state index in [1.807, 2.05) is 13.0 Å². The van der Waals surface area contributed by atoms with Gasteiger partial charge in [0.15, 0.2) is 0 Å². The van der Waals surface area contributed by atoms with E-state index in [0.29, 0.717) is 24.5 Å². The van der Waals surface area contributed by atoms with Gasteiger partial charge < -0.3 is 10.2 Å². The van der Waals surface area contributed by atoms with Crippen molar-refractivity contribution in [2.45, 2.75) is 52.4 Å². The van der Waals surface area contributed by atoms with Crippen LogP contribution < -0.4 is 5.32 Å². The summed E-state index contributed by atoms with van der Waals surface area (Å²) >= 11 is 5.93. The van der Waals surface area contributed by atoms with Gasteiger partial charge in [-0.2, -0.15) is 0 Å². The Balaban J connectivity index is 1.82. The van der Waals surface area contributed by atoms with Crippen molar-refractivity contribution in [3.63, 3.8) is 0 Å². The fourth-order valence-electron chi connectivity index (χ4n) is 3.05. The predicted octanol–water partition coefficient (Wildman–Crippen LogP) is 4.72. The monoisotopic (exact) mass is 362 g/mol. The number of nitrogens with one attached hydrogen (secondary N) is 1. The van der Waals surface area contributed by atoms with Gasteiger partial charge in [-0.3, -0.25) is 9.59 Å². The number of benzene rings is 1. The summed E-state index contributed by atoms with van der Waals surface area (Å²) in [5, 5.41) is 3.54. The van der Waals surface area contributed by atoms with Gasteiger partial charge in [0.1, 0.15) is 0 Å². The summed E-state index contributed by atoms with van der Waals surface area (Å²) in [6.45, 7) is 4.60. The van der Waals surface area contributed by atoms with E-state index in [4.69, 9.17) is 11.6 Å². The van der Waals surface area contributed by atoms with Gasteiger partial charge in [-0.25, -0.2) is 0 Å². The number of hydrogen-bond donors (Lipinski definition) is 1. The molecule has 0 fully saturated rings. The molecule has 0 unspecified atom stereocenters. The van der Waals surface area contributed by atoms with Gasteiger partial charge in [-0.1, -0.05) is 23.3 Å². The number of hydrogen-bond acceptors (Lipinski definition) is 2. The van der Waals surface area contributed by atoms with Crippen molar-refractivity contribution in [2.24, 2.45) is 0 Å². The third kappa shape index (κ3) is 6.54. The Morgan fingerprint density at radius 3 is 2.68 bits per heavy atom. The Bertz CT molecular complexity index is 655. The average molecular weight is 363 g/mol. The zero-order valence-electron chi connectivity index (χ0n) is 15.1. The van der Waals surface area contributed by atoms with Crippen LogP contribution in [-0.4, -0.2) is 29.8 Å². The third-order valence-electron chi connectivity index (χ3n) is 4.60. The molecule has 0 aromatic heterocycles. The summed E-state index contributed by atoms with van der Waals surface area (Å²) in [4.78, 5) is 25.8. The first-order chi connectivity index (χ1) is 12.0. The summed E-state index contributed by atoms with van der Waals surface area (Å²) in [6.07, 6.45) is 8.31. The lowest BCUT2D eigenvalue weighted by Crippen LogP contribution is -2.33. The van der Waals surface area contributed by atoms with Crippen molar-refractivity contribution in [3.8, 4) is 0 Å². The lowest BCUT2D eigenvalue weighted by molar-refractivity contribution is -0.129. The van der Waals surface area contributed by atoms with E-state index in [1.165, 1.54) is 18.4 Å². The Kier molecular flexibility index (Phi) is 7.51. The molecule has 136 valence electrons. The standard InChI is InChI=1S/C20H27ClN2O2/c1-15-14-18(21)8-9-19(15)22-20(25)11-13-23(16(2)24)12-10-17-6-4-3-5-7-17/h6,8-9,14H,3-5,7,10-13H2,1-2H3,(H,22,25). The molecular formula is C20H27ClN2O2. The molecule has 0 atom stereocenters. The Morgan fingerprint density at radius 1 is 1.24 bits per heavy atom. The third-order valence-corrected chi connectivity index (χ3v) is 4.84. The minimum atomic E-state index is -0.0893. The minimum Gasteiger partial charge on any atom is -0.342 e. The normalized spacial score (nSPS) is 14.0. The summed E-state index contributed by atoms with van der Waals surface area (Å²) in [6, 6.07) is 5.37. The van der Waals surface area contributed by atoms with Crippen LogP contribution in [0.4, 0.5) is 5.69 Å². The molecule has 0 saturated heterocycles. The Labute approximate surface area is 155 Å². The number of amides is 2. The number of anilines is 1. The highest BCUT2D eigenvalue weighted by atomic mass is 35.5. The van der Waals surface area contributed by atoms with Crippen LogP contribution in [0.5, 0.6) is 0 Å². The molecule has 25 heavy (non-hydrogen) atoms. The van der Waals surface area contributed by atoms with Crippen molar-refractivity contribution in [3.05, 3.63) is 40.4 Å². The molecule has 0 spiro atoms. The summed E-state index contributed by atoms with van der Waals surface area (Å²) in [5.74, 6) is -0.0690. The van der Waals surface area contributed by atoms with Gasteiger partial charge in [0, 0.05) is 37.1 Å². The first-order valence-corrected chi connectivity index (χ1v) is 9.33. The summed E-state index contributed by atoms with van der Waals surface area (Å²) < 4.78 is 0. The molecule has 0 aliphatic heterocycles. The molecular weight excluding hydrogens is 336 g/mol. The lowest BCUT2D eigenvalue weighted by Gasteiger charge is -2.22. The van der Waals surface area contributed by atoms with Crippen LogP contribution >= 0.6 is 11.6 Å². The SMILES string of the molecule is CC(=O)N(CCC(=O)Nc1ccc(Cl)cc1C)CCC1=CCCCC1. The van der Waals surface area contributed by atoms with Gasteiger partial charge in [0.05, 0.1) is 0 Å². The number of aryl methyl sites for hydroxylation is 1. The maximum absolute atomic E-state index is 12.2. The van der Waals surface area contributed by atoms with Gasteiger partial charge in [0.2, 0.25) is 11.8 Å². The zero-order valence-corrected chi connectivity index (χ0v) is 15.9. The van der Waals surface area contributed by atoms with E-state index in [-0.39, 0.29) is 11.8 Å². The molecule has 2 rings (SSSR count). The second-order valence-corrected chi connectivity index (χ2v) is 7.06. The number of allylic oxidation sites excluding steroid dienone is 1. The molecule has 1 aliphatic carbocycles. The van der Waals surface area contributed by atoms with E-state index in [1.54, 1.807) is 24.0 Å². The molecule has 1 N–H and O–H groups in total. The van der Waals surface area contributed by atoms with Crippen LogP contribution in [0.15, 0.2) is 29.8 Å². The minimum absolute atomic E-state index is 0.0203. The van der Waals surface area contributed by atoms with Crippen molar-refractivity contribution >= 4 is 29.1 Å². The molecule has 0 heterocycles. The largest absolute Gasteiger partial charge is 0.342 e. The van der Waals surface area contributed by atoms with Gasteiger partial charge in [0.25, 0.3) is 0 Å². The molecule has 1 aromatic rings. The van der Waals surface area contributed by atoms with Crippen molar-refractivity contribution < 1.29 is 9.59 Å². The summed E-state index contributed by atoms with van der Waals surface area (Å²) in [7, 11) is 0. The second kappa shape index (κ2) is 9.62. The highest BCUT2D eigenvalue weighted by Crippen LogP contribution is 2.21. The molecule has 1 aliphatic rings. The van der Waals surface area contributed by atoms with Crippen molar-refractivity contribution in [1.82, 2.24) is 4.90 Å². The van der Waals surface area contributed by atoms with E-state index in [9.17, 15) is 9.59 Å². The van der Waals surface area contributed by atoms with Crippen LogP contribution in [0.1, 0.15) is 51.0 Å². The van der Waals surface area contributed by atoms with E-state index in [2.05, 4.69) is 11.4 Å². The molecule has 0 radical (unpaired) electrons. The molecule has 0 bridgehead atoms. The maximum atomic E-state index is 12.2. The van der Waals surface area contributed by atoms with Gasteiger partial charge in [-0.05, 0) is 62.8 Å². The van der Waals surface area contributed by atoms with Gasteiger partial charge in [-0.15, -0.1) is 0 Å². The van der Waals surface area contributed by atoms with Crippen molar-refractivity contribution in [2.75, 3.05) is 18.4 Å². The number of nitrogens with zero attached hydrogens (tertiary/aromatic N) is 1. The van der Waals surface area contributed by atoms with Crippen LogP contribution in [-0.2, 0) is 9.59 Å². The summed E-state index contributed by atoms with van der Waals surface area (Å²) in [5.41, 5.74) is 3.13. The first kappa shape index (κ1) is 19.5. The highest BCUT2D eigenvalue weighted by Gasteiger charge is 2.13. The molecule has 1 aromatic carbocycles. The lowest BCUT2D eigenvalue weighted by atomic mass is 9.97. The van der Waals surface area contributed by atoms with Crippen LogP contribution in [0.3, 0.4) is 0 Å². The average Bonchev–Trinajstić information content (AvgIpc) is 2.58. The van der Waals surface area contributed by atoms with E-state index >= 15 is 0 Å². The van der Waals surface area contributed by atoms with E-state index in [0.717, 1.165) is 30.5 Å². The zero-order chi connectivity index (χ0) is 18.2. The van der Waals surface area contributed by atoms with Crippen LogP contribution in [0.2, 0.25) is 5.02 Å². The topological polar surface area (TPSA) is 49.4 Å². The Morgan fingerprint density at radius 2 is 2.04 bits per heavy atom. The smallest absolute Gasteiger partial charge is 0.226 e. The fraction of sp³-hybridized carbons (Fsp3) is 0.500. The Hall–Kier alpha value is -1.81. The molecule has 4 nitrogen and oxygen atoms in total. The van der Waals surface area contributed by atoms with Gasteiger partial charge >= 0.3 is 0 Å². The maximum Gasteiger partial charge on any atom is 0.226 e. The molecule has 0 saturated carbocycles. The van der Waals surface area contributed by atoms with E-state index < -0.39 is 0 Å². The number of rotatable bonds is 7. The van der Waals surface area contributed by atoms with Crippen LogP contribution in [0.25, 0.3) is 0 Å². The predicted molar refractivity (Wildman–Crippen MR) is 103 cm³/mol.